The second kappa shape index (κ2) is 7.43. The van der Waals surface area contributed by atoms with Gasteiger partial charge in [-0.1, -0.05) is 47.5 Å². The van der Waals surface area contributed by atoms with Gasteiger partial charge < -0.3 is 5.32 Å². The molecule has 1 aromatic carbocycles. The van der Waals surface area contributed by atoms with Crippen LogP contribution in [-0.4, -0.2) is 17.3 Å². The van der Waals surface area contributed by atoms with Crippen molar-refractivity contribution < 1.29 is 9.18 Å². The molecule has 0 aliphatic rings. The maximum absolute atomic E-state index is 13.3. The highest BCUT2D eigenvalue weighted by Gasteiger charge is 2.09. The molecule has 1 N–H and O–H groups in total. The van der Waals surface area contributed by atoms with Crippen molar-refractivity contribution in [3.63, 3.8) is 0 Å². The maximum Gasteiger partial charge on any atom is 0.224 e. The molecule has 0 saturated heterocycles. The minimum Gasteiger partial charge on any atom is -0.355 e. The summed E-state index contributed by atoms with van der Waals surface area (Å²) in [4.78, 5) is 11.9. The van der Waals surface area contributed by atoms with Gasteiger partial charge in [0.2, 0.25) is 5.91 Å². The van der Waals surface area contributed by atoms with E-state index in [1.165, 1.54) is 6.07 Å². The van der Waals surface area contributed by atoms with Crippen molar-refractivity contribution in [1.82, 2.24) is 5.32 Å². The van der Waals surface area contributed by atoms with Gasteiger partial charge in [-0.25, -0.2) is 4.39 Å². The smallest absolute Gasteiger partial charge is 0.224 e. The van der Waals surface area contributed by atoms with E-state index in [0.717, 1.165) is 12.8 Å². The third-order valence-electron chi connectivity index (χ3n) is 2.43. The van der Waals surface area contributed by atoms with E-state index in [1.807, 2.05) is 0 Å². The summed E-state index contributed by atoms with van der Waals surface area (Å²) in [6.07, 6.45) is 2.18. The fourth-order valence-corrected chi connectivity index (χ4v) is 2.14. The Kier molecular flexibility index (Phi) is 6.19. The zero-order valence-corrected chi connectivity index (χ0v) is 11.5. The highest BCUT2D eigenvalue weighted by molar-refractivity contribution is 9.09. The summed E-state index contributed by atoms with van der Waals surface area (Å²) in [5.74, 6) is -0.470. The van der Waals surface area contributed by atoms with Crippen LogP contribution in [0.2, 0.25) is 0 Å². The number of carbonyl (C=O) groups excluding carboxylic acids is 1. The van der Waals surface area contributed by atoms with Crippen LogP contribution in [0, 0.1) is 5.82 Å². The molecule has 1 unspecified atom stereocenters. The van der Waals surface area contributed by atoms with Gasteiger partial charge in [0.25, 0.3) is 0 Å². The second-order valence-corrected chi connectivity index (χ2v) is 5.25. The fourth-order valence-electron chi connectivity index (χ4n) is 1.52. The summed E-state index contributed by atoms with van der Waals surface area (Å²) in [6, 6.07) is 6.35. The van der Waals surface area contributed by atoms with E-state index in [1.54, 1.807) is 18.2 Å². The van der Waals surface area contributed by atoms with Gasteiger partial charge in [0.05, 0.1) is 6.42 Å². The lowest BCUT2D eigenvalue weighted by Gasteiger charge is -2.10. The number of amides is 1. The molecule has 0 heterocycles. The number of rotatable bonds is 6. The minimum atomic E-state index is -0.327. The van der Waals surface area contributed by atoms with Gasteiger partial charge in [-0.3, -0.25) is 4.79 Å². The molecule has 0 bridgehead atoms. The van der Waals surface area contributed by atoms with Crippen molar-refractivity contribution in [2.45, 2.75) is 31.0 Å². The maximum atomic E-state index is 13.3. The molecule has 0 aliphatic carbocycles. The molecule has 0 radical (unpaired) electrons. The molecular weight excluding hydrogens is 285 g/mol. The van der Waals surface area contributed by atoms with Gasteiger partial charge in [-0.05, 0) is 18.1 Å². The van der Waals surface area contributed by atoms with Gasteiger partial charge in [-0.15, -0.1) is 0 Å². The Morgan fingerprint density at radius 1 is 1.47 bits per heavy atom. The lowest BCUT2D eigenvalue weighted by atomic mass is 10.1. The van der Waals surface area contributed by atoms with Crippen molar-refractivity contribution in [3.05, 3.63) is 35.6 Å². The molecule has 17 heavy (non-hydrogen) atoms. The van der Waals surface area contributed by atoms with Crippen LogP contribution < -0.4 is 5.32 Å². The van der Waals surface area contributed by atoms with Crippen LogP contribution in [-0.2, 0) is 11.2 Å². The van der Waals surface area contributed by atoms with Crippen LogP contribution in [0.4, 0.5) is 4.39 Å². The first-order valence-corrected chi connectivity index (χ1v) is 6.69. The van der Waals surface area contributed by atoms with Gasteiger partial charge in [0.15, 0.2) is 0 Å². The summed E-state index contributed by atoms with van der Waals surface area (Å²) in [5.41, 5.74) is 0.437. The molecule has 0 aromatic heterocycles. The summed E-state index contributed by atoms with van der Waals surface area (Å²) >= 11 is 3.48. The molecule has 0 aliphatic heterocycles. The van der Waals surface area contributed by atoms with Crippen LogP contribution in [0.15, 0.2) is 24.3 Å². The highest BCUT2D eigenvalue weighted by atomic mass is 79.9. The van der Waals surface area contributed by atoms with Crippen LogP contribution in [0.25, 0.3) is 0 Å². The Labute approximate surface area is 110 Å². The summed E-state index contributed by atoms with van der Waals surface area (Å²) < 4.78 is 13.3. The van der Waals surface area contributed by atoms with E-state index >= 15 is 0 Å². The highest BCUT2D eigenvalue weighted by Crippen LogP contribution is 2.08. The van der Waals surface area contributed by atoms with Gasteiger partial charge in [0.1, 0.15) is 5.82 Å². The van der Waals surface area contributed by atoms with Gasteiger partial charge in [0, 0.05) is 11.4 Å². The summed E-state index contributed by atoms with van der Waals surface area (Å²) in [7, 11) is 0. The van der Waals surface area contributed by atoms with Gasteiger partial charge in [-0.2, -0.15) is 0 Å². The fraction of sp³-hybridized carbons (Fsp3) is 0.462. The molecule has 1 amide bonds. The molecular formula is C13H17BrFNO. The second-order valence-electron chi connectivity index (χ2n) is 3.96. The number of nitrogens with one attached hydrogen (secondary N) is 1. The first-order chi connectivity index (χ1) is 8.13. The zero-order chi connectivity index (χ0) is 12.7. The standard InChI is InChI=1S/C13H17BrFNO/c1-2-5-11(14)9-16-13(17)8-10-6-3-4-7-12(10)15/h3-4,6-7,11H,2,5,8-9H2,1H3,(H,16,17). The zero-order valence-electron chi connectivity index (χ0n) is 9.88. The van der Waals surface area contributed by atoms with E-state index in [2.05, 4.69) is 28.2 Å². The van der Waals surface area contributed by atoms with Crippen LogP contribution in [0.1, 0.15) is 25.3 Å². The lowest BCUT2D eigenvalue weighted by Crippen LogP contribution is -2.30. The average Bonchev–Trinajstić information content (AvgIpc) is 2.30. The van der Waals surface area contributed by atoms with E-state index in [-0.39, 0.29) is 23.0 Å². The minimum absolute atomic E-state index is 0.0958. The van der Waals surface area contributed by atoms with Crippen molar-refractivity contribution in [1.29, 1.82) is 0 Å². The first kappa shape index (κ1) is 14.2. The van der Waals surface area contributed by atoms with Gasteiger partial charge >= 0.3 is 0 Å². The van der Waals surface area contributed by atoms with Crippen molar-refractivity contribution >= 4 is 21.8 Å². The summed E-state index contributed by atoms with van der Waals surface area (Å²) in [6.45, 7) is 2.68. The van der Waals surface area contributed by atoms with E-state index in [0.29, 0.717) is 12.1 Å². The van der Waals surface area contributed by atoms with Crippen LogP contribution in [0.5, 0.6) is 0 Å². The van der Waals surface area contributed by atoms with Crippen molar-refractivity contribution in [2.24, 2.45) is 0 Å². The third kappa shape index (κ3) is 5.31. The predicted octanol–water partition coefficient (Wildman–Crippen LogP) is 3.05. The number of hydrogen-bond acceptors (Lipinski definition) is 1. The Bertz CT molecular complexity index is 370. The normalized spacial score (nSPS) is 12.2. The number of carbonyl (C=O) groups is 1. The van der Waals surface area contributed by atoms with Crippen LogP contribution >= 0.6 is 15.9 Å². The predicted molar refractivity (Wildman–Crippen MR) is 70.7 cm³/mol. The quantitative estimate of drug-likeness (QED) is 0.804. The van der Waals surface area contributed by atoms with Crippen molar-refractivity contribution in [2.75, 3.05) is 6.54 Å². The van der Waals surface area contributed by atoms with E-state index < -0.39 is 0 Å². The molecule has 94 valence electrons. The third-order valence-corrected chi connectivity index (χ3v) is 3.21. The Hall–Kier alpha value is -0.900. The molecule has 4 heteroatoms. The topological polar surface area (TPSA) is 29.1 Å². The number of halogens is 2. The molecule has 1 atom stereocenters. The Morgan fingerprint density at radius 2 is 2.18 bits per heavy atom. The Balaban J connectivity index is 2.37. The van der Waals surface area contributed by atoms with E-state index in [4.69, 9.17) is 0 Å². The SMILES string of the molecule is CCCC(Br)CNC(=O)Cc1ccccc1F. The average molecular weight is 302 g/mol. The molecule has 0 saturated carbocycles. The number of alkyl halides is 1. The summed E-state index contributed by atoms with van der Waals surface area (Å²) in [5, 5.41) is 2.79. The van der Waals surface area contributed by atoms with Crippen molar-refractivity contribution in [3.8, 4) is 0 Å². The lowest BCUT2D eigenvalue weighted by molar-refractivity contribution is -0.120. The molecule has 1 aromatic rings. The molecule has 0 fully saturated rings. The number of benzene rings is 1. The number of hydrogen-bond donors (Lipinski definition) is 1. The monoisotopic (exact) mass is 301 g/mol. The van der Waals surface area contributed by atoms with E-state index in [9.17, 15) is 9.18 Å². The van der Waals surface area contributed by atoms with Crippen LogP contribution in [0.3, 0.4) is 0 Å². The molecule has 0 spiro atoms. The molecule has 1 rings (SSSR count). The first-order valence-electron chi connectivity index (χ1n) is 5.77. The molecule has 2 nitrogen and oxygen atoms in total. The largest absolute Gasteiger partial charge is 0.355 e. The Morgan fingerprint density at radius 3 is 2.82 bits per heavy atom.